The van der Waals surface area contributed by atoms with E-state index in [0.29, 0.717) is 12.0 Å². The van der Waals surface area contributed by atoms with E-state index in [4.69, 9.17) is 4.74 Å². The van der Waals surface area contributed by atoms with E-state index in [1.165, 1.54) is 12.8 Å². The summed E-state index contributed by atoms with van der Waals surface area (Å²) in [4.78, 5) is 0. The summed E-state index contributed by atoms with van der Waals surface area (Å²) in [7, 11) is 0. The second kappa shape index (κ2) is 2.76. The highest BCUT2D eigenvalue weighted by Gasteiger charge is 2.38. The van der Waals surface area contributed by atoms with Crippen LogP contribution in [0.3, 0.4) is 0 Å². The molecule has 0 aromatic rings. The minimum absolute atomic E-state index is 0.0914. The number of ether oxygens (including phenoxy) is 1. The summed E-state index contributed by atoms with van der Waals surface area (Å²) in [6, 6.07) is 0. The first kappa shape index (κ1) is 7.56. The van der Waals surface area contributed by atoms with Crippen molar-refractivity contribution in [1.29, 1.82) is 0 Å². The van der Waals surface area contributed by atoms with E-state index < -0.39 is 0 Å². The highest BCUT2D eigenvalue weighted by molar-refractivity contribution is 4.88. The molecule has 1 aliphatic carbocycles. The Kier molecular flexibility index (Phi) is 1.90. The van der Waals surface area contributed by atoms with Crippen LogP contribution in [0.2, 0.25) is 0 Å². The molecule has 2 nitrogen and oxygen atoms in total. The van der Waals surface area contributed by atoms with Gasteiger partial charge in [0.2, 0.25) is 0 Å². The fourth-order valence-corrected chi connectivity index (χ4v) is 2.43. The van der Waals surface area contributed by atoms with Crippen LogP contribution >= 0.6 is 0 Å². The van der Waals surface area contributed by atoms with E-state index in [0.717, 1.165) is 12.8 Å². The zero-order valence-corrected chi connectivity index (χ0v) is 6.99. The third kappa shape index (κ3) is 1.30. The minimum atomic E-state index is -0.0914. The molecule has 0 aromatic carbocycles. The second-order valence-electron chi connectivity index (χ2n) is 3.88. The number of hydrogen-bond acceptors (Lipinski definition) is 2. The molecule has 1 saturated carbocycles. The van der Waals surface area contributed by atoms with Gasteiger partial charge in [0.05, 0.1) is 18.3 Å². The number of rotatable bonds is 0. The second-order valence-corrected chi connectivity index (χ2v) is 3.88. The molecule has 2 aliphatic rings. The lowest BCUT2D eigenvalue weighted by Crippen LogP contribution is -2.40. The highest BCUT2D eigenvalue weighted by atomic mass is 16.5. The Hall–Kier alpha value is -0.0800. The molecular formula is C9H16O2. The molecule has 0 aromatic heterocycles. The van der Waals surface area contributed by atoms with Crippen LogP contribution in [-0.4, -0.2) is 23.4 Å². The zero-order chi connectivity index (χ0) is 7.84. The van der Waals surface area contributed by atoms with E-state index in [9.17, 15) is 5.11 Å². The molecule has 1 N–H and O–H groups in total. The largest absolute Gasteiger partial charge is 0.393 e. The van der Waals surface area contributed by atoms with Gasteiger partial charge in [0.25, 0.3) is 0 Å². The van der Waals surface area contributed by atoms with Crippen molar-refractivity contribution in [3.8, 4) is 0 Å². The van der Waals surface area contributed by atoms with Crippen molar-refractivity contribution in [1.82, 2.24) is 0 Å². The average Bonchev–Trinajstić information content (AvgIpc) is 2.34. The van der Waals surface area contributed by atoms with E-state index in [-0.39, 0.29) is 12.2 Å². The summed E-state index contributed by atoms with van der Waals surface area (Å²) in [5.41, 5.74) is 0. The van der Waals surface area contributed by atoms with Crippen LogP contribution in [0.25, 0.3) is 0 Å². The third-order valence-electron chi connectivity index (χ3n) is 2.98. The number of hydrogen-bond donors (Lipinski definition) is 1. The van der Waals surface area contributed by atoms with Gasteiger partial charge in [-0.1, -0.05) is 6.42 Å². The summed E-state index contributed by atoms with van der Waals surface area (Å²) in [6.45, 7) is 2.05. The molecular weight excluding hydrogens is 140 g/mol. The number of aliphatic hydroxyl groups excluding tert-OH is 1. The molecule has 0 radical (unpaired) electrons. The van der Waals surface area contributed by atoms with Crippen LogP contribution < -0.4 is 0 Å². The summed E-state index contributed by atoms with van der Waals surface area (Å²) < 4.78 is 5.72. The van der Waals surface area contributed by atoms with Gasteiger partial charge < -0.3 is 9.84 Å². The Labute approximate surface area is 67.6 Å². The Bertz CT molecular complexity index is 146. The predicted molar refractivity (Wildman–Crippen MR) is 42.3 cm³/mol. The molecule has 0 amide bonds. The van der Waals surface area contributed by atoms with E-state index in [1.54, 1.807) is 0 Å². The molecule has 2 fully saturated rings. The summed E-state index contributed by atoms with van der Waals surface area (Å²) in [6.07, 6.45) is 4.94. The lowest BCUT2D eigenvalue weighted by molar-refractivity contribution is -0.116. The Balaban J connectivity index is 2.04. The van der Waals surface area contributed by atoms with Crippen molar-refractivity contribution in [3.05, 3.63) is 0 Å². The molecule has 4 unspecified atom stereocenters. The van der Waals surface area contributed by atoms with Crippen LogP contribution in [0.4, 0.5) is 0 Å². The minimum Gasteiger partial charge on any atom is -0.393 e. The van der Waals surface area contributed by atoms with Crippen molar-refractivity contribution < 1.29 is 9.84 Å². The smallest absolute Gasteiger partial charge is 0.0631 e. The van der Waals surface area contributed by atoms with Crippen LogP contribution in [-0.2, 0) is 4.74 Å². The first-order valence-corrected chi connectivity index (χ1v) is 4.61. The molecule has 2 heteroatoms. The van der Waals surface area contributed by atoms with Crippen molar-refractivity contribution in [3.63, 3.8) is 0 Å². The Morgan fingerprint density at radius 3 is 3.00 bits per heavy atom. The van der Waals surface area contributed by atoms with E-state index >= 15 is 0 Å². The van der Waals surface area contributed by atoms with Crippen molar-refractivity contribution in [2.75, 3.05) is 0 Å². The molecule has 0 bridgehead atoms. The maximum absolute atomic E-state index is 9.67. The molecule has 1 heterocycles. The van der Waals surface area contributed by atoms with Crippen LogP contribution in [0.5, 0.6) is 0 Å². The van der Waals surface area contributed by atoms with Gasteiger partial charge in [-0.25, -0.2) is 0 Å². The quantitative estimate of drug-likeness (QED) is 0.573. The summed E-state index contributed by atoms with van der Waals surface area (Å²) in [5.74, 6) is 0.450. The monoisotopic (exact) mass is 156 g/mol. The maximum Gasteiger partial charge on any atom is 0.0631 e. The van der Waals surface area contributed by atoms with Gasteiger partial charge in [0.1, 0.15) is 0 Å². The first-order chi connectivity index (χ1) is 5.27. The maximum atomic E-state index is 9.67. The Morgan fingerprint density at radius 1 is 1.36 bits per heavy atom. The summed E-state index contributed by atoms with van der Waals surface area (Å²) in [5, 5.41) is 9.67. The number of aliphatic hydroxyl groups is 1. The van der Waals surface area contributed by atoms with Crippen molar-refractivity contribution in [2.24, 2.45) is 5.92 Å². The van der Waals surface area contributed by atoms with Crippen molar-refractivity contribution in [2.45, 2.75) is 50.9 Å². The standard InChI is InChI=1S/C9H16O2/c1-6-5-8(10)7-3-2-4-9(7)11-6/h6-10H,2-5H2,1H3. The van der Waals surface area contributed by atoms with Gasteiger partial charge in [-0.05, 0) is 26.2 Å². The van der Waals surface area contributed by atoms with Crippen LogP contribution in [0.15, 0.2) is 0 Å². The van der Waals surface area contributed by atoms with Gasteiger partial charge in [-0.3, -0.25) is 0 Å². The van der Waals surface area contributed by atoms with Gasteiger partial charge in [0, 0.05) is 5.92 Å². The molecule has 1 aliphatic heterocycles. The lowest BCUT2D eigenvalue weighted by Gasteiger charge is -2.34. The van der Waals surface area contributed by atoms with E-state index in [2.05, 4.69) is 6.92 Å². The number of fused-ring (bicyclic) bond motifs is 1. The van der Waals surface area contributed by atoms with Gasteiger partial charge >= 0.3 is 0 Å². The fourth-order valence-electron chi connectivity index (χ4n) is 2.43. The van der Waals surface area contributed by atoms with Gasteiger partial charge in [-0.2, -0.15) is 0 Å². The topological polar surface area (TPSA) is 29.5 Å². The molecule has 64 valence electrons. The Morgan fingerprint density at radius 2 is 2.18 bits per heavy atom. The molecule has 0 spiro atoms. The zero-order valence-electron chi connectivity index (χ0n) is 6.99. The molecule has 11 heavy (non-hydrogen) atoms. The average molecular weight is 156 g/mol. The first-order valence-electron chi connectivity index (χ1n) is 4.61. The SMILES string of the molecule is CC1CC(O)C2CCCC2O1. The van der Waals surface area contributed by atoms with E-state index in [1.807, 2.05) is 0 Å². The van der Waals surface area contributed by atoms with Gasteiger partial charge in [-0.15, -0.1) is 0 Å². The van der Waals surface area contributed by atoms with Crippen molar-refractivity contribution >= 4 is 0 Å². The van der Waals surface area contributed by atoms with Crippen LogP contribution in [0.1, 0.15) is 32.6 Å². The summed E-state index contributed by atoms with van der Waals surface area (Å²) >= 11 is 0. The fraction of sp³-hybridized carbons (Fsp3) is 1.00. The predicted octanol–water partition coefficient (Wildman–Crippen LogP) is 1.32. The third-order valence-corrected chi connectivity index (χ3v) is 2.98. The molecule has 1 saturated heterocycles. The van der Waals surface area contributed by atoms with Gasteiger partial charge in [0.15, 0.2) is 0 Å². The normalized spacial score (nSPS) is 50.7. The molecule has 4 atom stereocenters. The molecule has 2 rings (SSSR count). The lowest BCUT2D eigenvalue weighted by atomic mass is 9.91. The highest BCUT2D eigenvalue weighted by Crippen LogP contribution is 2.37. The van der Waals surface area contributed by atoms with Crippen LogP contribution in [0, 0.1) is 5.92 Å².